The number of thiazole rings is 1. The summed E-state index contributed by atoms with van der Waals surface area (Å²) in [4.78, 5) is 15.2. The lowest BCUT2D eigenvalue weighted by molar-refractivity contribution is 0.153. The van der Waals surface area contributed by atoms with E-state index in [0.717, 1.165) is 37.2 Å². The number of aromatic nitrogens is 3. The summed E-state index contributed by atoms with van der Waals surface area (Å²) in [5.74, 6) is -2.86. The number of hydrogen-bond acceptors (Lipinski definition) is 10. The van der Waals surface area contributed by atoms with E-state index < -0.39 is 47.9 Å². The van der Waals surface area contributed by atoms with Crippen molar-refractivity contribution in [3.05, 3.63) is 66.1 Å². The zero-order chi connectivity index (χ0) is 32.6. The summed E-state index contributed by atoms with van der Waals surface area (Å²) in [7, 11) is -7.77. The number of benzene rings is 2. The Morgan fingerprint density at radius 3 is 2.33 bits per heavy atom. The van der Waals surface area contributed by atoms with Crippen molar-refractivity contribution in [3.8, 4) is 21.8 Å². The van der Waals surface area contributed by atoms with E-state index in [1.54, 1.807) is 12.3 Å². The molecule has 0 atom stereocenters. The highest BCUT2D eigenvalue weighted by atomic mass is 32.2. The molecule has 2 aliphatic heterocycles. The second kappa shape index (κ2) is 10.6. The molecule has 3 aliphatic rings. The third-order valence-corrected chi connectivity index (χ3v) is 13.5. The third-order valence-electron chi connectivity index (χ3n) is 8.84. The van der Waals surface area contributed by atoms with E-state index in [0.29, 0.717) is 34.5 Å². The molecule has 0 bridgehead atoms. The van der Waals surface area contributed by atoms with Crippen LogP contribution in [0.2, 0.25) is 0 Å². The molecule has 2 aromatic heterocycles. The van der Waals surface area contributed by atoms with Crippen molar-refractivity contribution in [2.24, 2.45) is 5.41 Å². The monoisotopic (exact) mass is 690 g/mol. The molecule has 16 heteroatoms. The van der Waals surface area contributed by atoms with Gasteiger partial charge in [-0.05, 0) is 63.4 Å². The minimum absolute atomic E-state index is 0.0190. The zero-order valence-electron chi connectivity index (χ0n) is 24.7. The van der Waals surface area contributed by atoms with Crippen molar-refractivity contribution in [2.45, 2.75) is 49.6 Å². The van der Waals surface area contributed by atoms with Crippen LogP contribution in [0.25, 0.3) is 21.8 Å². The van der Waals surface area contributed by atoms with E-state index in [-0.39, 0.29) is 39.8 Å². The molecule has 242 valence electrons. The van der Waals surface area contributed by atoms with Crippen LogP contribution < -0.4 is 14.9 Å². The lowest BCUT2D eigenvalue weighted by atomic mass is 9.67. The topological polar surface area (TPSA) is 134 Å². The molecule has 2 saturated heterocycles. The van der Waals surface area contributed by atoms with Crippen LogP contribution in [0.15, 0.2) is 53.6 Å². The van der Waals surface area contributed by atoms with Crippen LogP contribution in [0, 0.1) is 22.9 Å². The number of nitrogens with one attached hydrogen (secondary N) is 2. The molecule has 3 fully saturated rings. The smallest absolute Gasteiger partial charge is 0.267 e. The summed E-state index contributed by atoms with van der Waals surface area (Å²) in [5, 5.41) is 3.90. The molecule has 2 aromatic carbocycles. The maximum Gasteiger partial charge on any atom is 0.267 e. The highest BCUT2D eigenvalue weighted by molar-refractivity contribution is 7.93. The Morgan fingerprint density at radius 2 is 1.70 bits per heavy atom. The van der Waals surface area contributed by atoms with Gasteiger partial charge in [0.15, 0.2) is 25.7 Å². The van der Waals surface area contributed by atoms with Gasteiger partial charge in [0, 0.05) is 35.3 Å². The average molecular weight is 691 g/mol. The summed E-state index contributed by atoms with van der Waals surface area (Å²) in [6.07, 6.45) is 3.89. The molecule has 0 radical (unpaired) electrons. The molecule has 0 unspecified atom stereocenters. The number of sulfonamides is 1. The predicted molar refractivity (Wildman–Crippen MR) is 169 cm³/mol. The number of anilines is 3. The Balaban J connectivity index is 1.23. The molecule has 46 heavy (non-hydrogen) atoms. The molecular formula is C30H29F3N6O4S3. The van der Waals surface area contributed by atoms with Crippen LogP contribution in [-0.4, -0.2) is 61.4 Å². The standard InChI is InChI=1S/C30H29F3N6O4S3/c1-29(2)10-12-39(29)28-37-24(18-5-3-8-21(23(18)33)38-46(42,43)26-19(31)6-4-7-20(26)32)25(44-28)22-9-11-34-27(36-22)35-17-13-30(14-17)15-45(40,41)16-30/h3-9,11,17,38H,10,12-16H2,1-2H3,(H,34,35,36). The maximum atomic E-state index is 16.2. The minimum Gasteiger partial charge on any atom is -0.351 e. The Bertz CT molecular complexity index is 2070. The van der Waals surface area contributed by atoms with Crippen molar-refractivity contribution in [3.63, 3.8) is 0 Å². The lowest BCUT2D eigenvalue weighted by Crippen LogP contribution is -2.60. The SMILES string of the molecule is CC1(C)CCN1c1nc(-c2cccc(NS(=O)(=O)c3c(F)cccc3F)c2F)c(-c2ccnc(NC3CC4(C3)CS(=O)(=O)C4)n2)s1. The Kier molecular flexibility index (Phi) is 7.14. The van der Waals surface area contributed by atoms with Gasteiger partial charge in [0.25, 0.3) is 10.0 Å². The van der Waals surface area contributed by atoms with Crippen molar-refractivity contribution in [2.75, 3.05) is 33.0 Å². The number of rotatable bonds is 8. The van der Waals surface area contributed by atoms with E-state index in [1.807, 2.05) is 4.72 Å². The van der Waals surface area contributed by atoms with Gasteiger partial charge in [-0.15, -0.1) is 0 Å². The number of sulfone groups is 1. The molecule has 7 rings (SSSR count). The molecule has 1 saturated carbocycles. The molecule has 10 nitrogen and oxygen atoms in total. The van der Waals surface area contributed by atoms with Gasteiger partial charge in [-0.2, -0.15) is 0 Å². The quantitative estimate of drug-likeness (QED) is 0.247. The van der Waals surface area contributed by atoms with E-state index in [2.05, 4.69) is 34.0 Å². The van der Waals surface area contributed by atoms with Crippen LogP contribution in [0.5, 0.6) is 0 Å². The first kappa shape index (κ1) is 30.9. The largest absolute Gasteiger partial charge is 0.351 e. The molecule has 1 spiro atoms. The Hall–Kier alpha value is -3.76. The lowest BCUT2D eigenvalue weighted by Gasteiger charge is -2.53. The van der Waals surface area contributed by atoms with E-state index in [4.69, 9.17) is 4.98 Å². The Labute approximate surface area is 268 Å². The van der Waals surface area contributed by atoms with Gasteiger partial charge in [-0.25, -0.2) is 45.0 Å². The summed E-state index contributed by atoms with van der Waals surface area (Å²) in [6.45, 7) is 4.88. The molecular weight excluding hydrogens is 662 g/mol. The van der Waals surface area contributed by atoms with Crippen LogP contribution in [0.4, 0.5) is 29.9 Å². The van der Waals surface area contributed by atoms with Gasteiger partial charge in [0.2, 0.25) is 5.95 Å². The van der Waals surface area contributed by atoms with Crippen LogP contribution >= 0.6 is 11.3 Å². The highest BCUT2D eigenvalue weighted by Gasteiger charge is 2.56. The Morgan fingerprint density at radius 1 is 1.00 bits per heavy atom. The summed E-state index contributed by atoms with van der Waals surface area (Å²) in [6, 6.07) is 8.35. The van der Waals surface area contributed by atoms with Crippen molar-refractivity contribution in [1.29, 1.82) is 0 Å². The normalized spacial score (nSPS) is 19.6. The van der Waals surface area contributed by atoms with E-state index in [1.165, 1.54) is 23.5 Å². The van der Waals surface area contributed by atoms with Gasteiger partial charge < -0.3 is 10.2 Å². The summed E-state index contributed by atoms with van der Waals surface area (Å²) in [5.41, 5.74) is -0.226. The highest BCUT2D eigenvalue weighted by Crippen LogP contribution is 2.51. The third kappa shape index (κ3) is 5.39. The molecule has 0 amide bonds. The van der Waals surface area contributed by atoms with Crippen molar-refractivity contribution < 1.29 is 30.0 Å². The molecule has 4 heterocycles. The minimum atomic E-state index is -4.83. The fraction of sp³-hybridized carbons (Fsp3) is 0.367. The van der Waals surface area contributed by atoms with Gasteiger partial charge in [-0.1, -0.05) is 23.5 Å². The van der Waals surface area contributed by atoms with Gasteiger partial charge in [0.1, 0.15) is 11.6 Å². The molecule has 2 N–H and O–H groups in total. The fourth-order valence-corrected chi connectivity index (χ4v) is 11.2. The maximum absolute atomic E-state index is 16.2. The van der Waals surface area contributed by atoms with Crippen LogP contribution in [0.3, 0.4) is 0 Å². The summed E-state index contributed by atoms with van der Waals surface area (Å²) < 4.78 is 96.1. The fourth-order valence-electron chi connectivity index (χ4n) is 6.49. The average Bonchev–Trinajstić information content (AvgIpc) is 3.35. The van der Waals surface area contributed by atoms with Crippen molar-refractivity contribution in [1.82, 2.24) is 15.0 Å². The van der Waals surface area contributed by atoms with Crippen LogP contribution in [-0.2, 0) is 19.9 Å². The number of hydrogen-bond donors (Lipinski definition) is 2. The predicted octanol–water partition coefficient (Wildman–Crippen LogP) is 5.46. The summed E-state index contributed by atoms with van der Waals surface area (Å²) >= 11 is 1.31. The van der Waals surface area contributed by atoms with E-state index >= 15 is 4.39 Å². The first-order valence-corrected chi connectivity index (χ1v) is 18.6. The van der Waals surface area contributed by atoms with Gasteiger partial charge in [-0.3, -0.25) is 4.72 Å². The second-order valence-corrected chi connectivity index (χ2v) is 17.4. The van der Waals surface area contributed by atoms with Crippen LogP contribution in [0.1, 0.15) is 33.1 Å². The molecule has 4 aromatic rings. The first-order valence-electron chi connectivity index (χ1n) is 14.5. The second-order valence-electron chi connectivity index (χ2n) is 12.8. The van der Waals surface area contributed by atoms with Gasteiger partial charge in [0.05, 0.1) is 33.5 Å². The van der Waals surface area contributed by atoms with Crippen molar-refractivity contribution >= 4 is 48.0 Å². The molecule has 1 aliphatic carbocycles. The number of halogens is 3. The van der Waals surface area contributed by atoms with E-state index in [9.17, 15) is 25.6 Å². The zero-order valence-corrected chi connectivity index (χ0v) is 27.2. The number of nitrogens with zero attached hydrogens (tertiary/aromatic N) is 4. The first-order chi connectivity index (χ1) is 21.7. The van der Waals surface area contributed by atoms with Gasteiger partial charge >= 0.3 is 0 Å².